The lowest BCUT2D eigenvalue weighted by atomic mass is 9.48. The highest BCUT2D eigenvalue weighted by Gasteiger charge is 2.55. The highest BCUT2D eigenvalue weighted by atomic mass is 32.2. The summed E-state index contributed by atoms with van der Waals surface area (Å²) in [4.78, 5) is 25.2. The number of H-pyrrole nitrogens is 1. The molecule has 1 atom stereocenters. The predicted octanol–water partition coefficient (Wildman–Crippen LogP) is 3.25. The standard InChI is InChI=1S/C18H27N3O2S/c1-3-4-21-16(23)19-20-17(21)24-11(2)15(22)18-8-12-5-13(9-18)7-14(6-12)10-18/h11-14H,3-10H2,1-2H3,(H,19,23). The minimum absolute atomic E-state index is 0.0760. The van der Waals surface area contributed by atoms with Gasteiger partial charge < -0.3 is 0 Å². The number of hydrogen-bond acceptors (Lipinski definition) is 4. The maximum absolute atomic E-state index is 13.3. The van der Waals surface area contributed by atoms with Crippen LogP contribution in [0.1, 0.15) is 58.8 Å². The van der Waals surface area contributed by atoms with Crippen LogP contribution in [0.4, 0.5) is 0 Å². The predicted molar refractivity (Wildman–Crippen MR) is 94.1 cm³/mol. The molecular weight excluding hydrogens is 322 g/mol. The SMILES string of the molecule is CCCn1c(SC(C)C(=O)C23CC4CC(CC(C4)C2)C3)n[nH]c1=O. The number of carbonyl (C=O) groups is 1. The number of carbonyl (C=O) groups excluding carboxylic acids is 1. The van der Waals surface area contributed by atoms with Gasteiger partial charge in [0.05, 0.1) is 5.25 Å². The van der Waals surface area contributed by atoms with Crippen LogP contribution in [0, 0.1) is 23.2 Å². The molecule has 132 valence electrons. The van der Waals surface area contributed by atoms with Gasteiger partial charge in [-0.1, -0.05) is 18.7 Å². The molecule has 1 aromatic heterocycles. The molecule has 4 aliphatic rings. The highest BCUT2D eigenvalue weighted by Crippen LogP contribution is 2.61. The molecule has 0 radical (unpaired) electrons. The summed E-state index contributed by atoms with van der Waals surface area (Å²) in [5.41, 5.74) is -0.248. The van der Waals surface area contributed by atoms with Gasteiger partial charge in [0, 0.05) is 12.0 Å². The summed E-state index contributed by atoms with van der Waals surface area (Å²) in [7, 11) is 0. The molecule has 4 bridgehead atoms. The van der Waals surface area contributed by atoms with Crippen molar-refractivity contribution in [1.82, 2.24) is 14.8 Å². The quantitative estimate of drug-likeness (QED) is 0.801. The summed E-state index contributed by atoms with van der Waals surface area (Å²) in [5, 5.41) is 7.19. The minimum Gasteiger partial charge on any atom is -0.298 e. The molecule has 0 saturated heterocycles. The molecule has 6 heteroatoms. The number of Topliss-reactive ketones (excluding diaryl/α,β-unsaturated/α-hetero) is 1. The Morgan fingerprint density at radius 1 is 1.29 bits per heavy atom. The number of hydrogen-bond donors (Lipinski definition) is 1. The Labute approximate surface area is 147 Å². The molecule has 4 fully saturated rings. The van der Waals surface area contributed by atoms with Crippen LogP contribution in [0.15, 0.2) is 9.95 Å². The molecule has 0 aliphatic heterocycles. The van der Waals surface area contributed by atoms with E-state index >= 15 is 0 Å². The van der Waals surface area contributed by atoms with Gasteiger partial charge in [0.25, 0.3) is 0 Å². The van der Waals surface area contributed by atoms with Gasteiger partial charge in [0.2, 0.25) is 0 Å². The third-order valence-electron chi connectivity index (χ3n) is 6.38. The van der Waals surface area contributed by atoms with Crippen molar-refractivity contribution < 1.29 is 4.79 Å². The second-order valence-corrected chi connectivity index (χ2v) is 9.59. The van der Waals surface area contributed by atoms with E-state index in [2.05, 4.69) is 10.2 Å². The van der Waals surface area contributed by atoms with Crippen LogP contribution in [-0.2, 0) is 11.3 Å². The number of nitrogens with zero attached hydrogens (tertiary/aromatic N) is 2. The van der Waals surface area contributed by atoms with Crippen LogP contribution < -0.4 is 5.69 Å². The molecule has 5 rings (SSSR count). The topological polar surface area (TPSA) is 67.8 Å². The van der Waals surface area contributed by atoms with E-state index in [4.69, 9.17) is 0 Å². The highest BCUT2D eigenvalue weighted by molar-refractivity contribution is 8.00. The second-order valence-electron chi connectivity index (χ2n) is 8.29. The fraction of sp³-hybridized carbons (Fsp3) is 0.833. The van der Waals surface area contributed by atoms with Gasteiger partial charge in [-0.25, -0.2) is 9.89 Å². The smallest absolute Gasteiger partial charge is 0.298 e. The molecular formula is C18H27N3O2S. The Morgan fingerprint density at radius 2 is 1.88 bits per heavy atom. The van der Waals surface area contributed by atoms with Crippen LogP contribution in [0.2, 0.25) is 0 Å². The van der Waals surface area contributed by atoms with Gasteiger partial charge in [0.15, 0.2) is 10.9 Å². The molecule has 1 heterocycles. The number of thioether (sulfide) groups is 1. The van der Waals surface area contributed by atoms with Crippen molar-refractivity contribution in [3.63, 3.8) is 0 Å². The number of ketones is 1. The lowest BCUT2D eigenvalue weighted by molar-refractivity contribution is -0.142. The second kappa shape index (κ2) is 6.04. The normalized spacial score (nSPS) is 35.3. The van der Waals surface area contributed by atoms with Crippen LogP contribution in [0.25, 0.3) is 0 Å². The summed E-state index contributed by atoms with van der Waals surface area (Å²) in [5.74, 6) is 2.74. The number of nitrogens with one attached hydrogen (secondary N) is 1. The fourth-order valence-electron chi connectivity index (χ4n) is 5.87. The van der Waals surface area contributed by atoms with E-state index in [1.54, 1.807) is 4.57 Å². The summed E-state index contributed by atoms with van der Waals surface area (Å²) in [6.07, 6.45) is 8.24. The zero-order valence-corrected chi connectivity index (χ0v) is 15.4. The van der Waals surface area contributed by atoms with Gasteiger partial charge in [-0.05, 0) is 69.6 Å². The van der Waals surface area contributed by atoms with E-state index in [0.717, 1.165) is 43.4 Å². The third kappa shape index (κ3) is 2.67. The molecule has 24 heavy (non-hydrogen) atoms. The summed E-state index contributed by atoms with van der Waals surface area (Å²) < 4.78 is 1.66. The fourth-order valence-corrected chi connectivity index (χ4v) is 6.94. The Morgan fingerprint density at radius 3 is 2.42 bits per heavy atom. The largest absolute Gasteiger partial charge is 0.343 e. The first-order valence-electron chi connectivity index (χ1n) is 9.37. The van der Waals surface area contributed by atoms with Gasteiger partial charge in [-0.3, -0.25) is 9.36 Å². The molecule has 0 spiro atoms. The molecule has 0 aromatic carbocycles. The Balaban J connectivity index is 1.52. The minimum atomic E-state index is -0.172. The van der Waals surface area contributed by atoms with Crippen LogP contribution in [0.5, 0.6) is 0 Å². The average molecular weight is 350 g/mol. The first-order chi connectivity index (χ1) is 11.5. The Kier molecular flexibility index (Phi) is 4.14. The lowest BCUT2D eigenvalue weighted by Gasteiger charge is -2.56. The number of aromatic amines is 1. The van der Waals surface area contributed by atoms with E-state index < -0.39 is 0 Å². The summed E-state index contributed by atoms with van der Waals surface area (Å²) >= 11 is 1.46. The van der Waals surface area contributed by atoms with E-state index in [9.17, 15) is 9.59 Å². The molecule has 1 N–H and O–H groups in total. The summed E-state index contributed by atoms with van der Waals surface area (Å²) in [6.45, 7) is 4.69. The zero-order chi connectivity index (χ0) is 16.9. The number of aromatic nitrogens is 3. The van der Waals surface area contributed by atoms with Crippen molar-refractivity contribution in [3.8, 4) is 0 Å². The van der Waals surface area contributed by atoms with Crippen molar-refractivity contribution >= 4 is 17.5 Å². The monoisotopic (exact) mass is 349 g/mol. The molecule has 1 unspecified atom stereocenters. The van der Waals surface area contributed by atoms with E-state index in [-0.39, 0.29) is 16.4 Å². The first-order valence-corrected chi connectivity index (χ1v) is 10.2. The maximum Gasteiger partial charge on any atom is 0.343 e. The third-order valence-corrected chi connectivity index (χ3v) is 7.47. The molecule has 5 nitrogen and oxygen atoms in total. The average Bonchev–Trinajstić information content (AvgIpc) is 2.86. The van der Waals surface area contributed by atoms with E-state index in [1.807, 2.05) is 13.8 Å². The first kappa shape index (κ1) is 16.4. The van der Waals surface area contributed by atoms with Crippen molar-refractivity contribution in [3.05, 3.63) is 10.5 Å². The van der Waals surface area contributed by atoms with E-state index in [0.29, 0.717) is 17.5 Å². The maximum atomic E-state index is 13.3. The number of rotatable bonds is 6. The van der Waals surface area contributed by atoms with Crippen molar-refractivity contribution in [2.24, 2.45) is 23.2 Å². The zero-order valence-electron chi connectivity index (χ0n) is 14.6. The van der Waals surface area contributed by atoms with Gasteiger partial charge in [-0.2, -0.15) is 0 Å². The molecule has 4 aliphatic carbocycles. The molecule has 1 aromatic rings. The Hall–Kier alpha value is -1.04. The van der Waals surface area contributed by atoms with Gasteiger partial charge >= 0.3 is 5.69 Å². The lowest BCUT2D eigenvalue weighted by Crippen LogP contribution is -2.51. The van der Waals surface area contributed by atoms with E-state index in [1.165, 1.54) is 31.0 Å². The van der Waals surface area contributed by atoms with Crippen LogP contribution >= 0.6 is 11.8 Å². The van der Waals surface area contributed by atoms with Crippen molar-refractivity contribution in [1.29, 1.82) is 0 Å². The molecule has 4 saturated carbocycles. The summed E-state index contributed by atoms with van der Waals surface area (Å²) in [6, 6.07) is 0. The Bertz CT molecular complexity index is 657. The van der Waals surface area contributed by atoms with Crippen molar-refractivity contribution in [2.45, 2.75) is 75.7 Å². The molecule has 0 amide bonds. The van der Waals surface area contributed by atoms with Gasteiger partial charge in [-0.15, -0.1) is 5.10 Å². The van der Waals surface area contributed by atoms with Crippen molar-refractivity contribution in [2.75, 3.05) is 0 Å². The van der Waals surface area contributed by atoms with Crippen LogP contribution in [-0.4, -0.2) is 25.8 Å². The van der Waals surface area contributed by atoms with Crippen LogP contribution in [0.3, 0.4) is 0 Å². The van der Waals surface area contributed by atoms with Gasteiger partial charge in [0.1, 0.15) is 0 Å².